The summed E-state index contributed by atoms with van der Waals surface area (Å²) in [4.78, 5) is 0. The van der Waals surface area contributed by atoms with Gasteiger partial charge in [-0.05, 0) is 16.7 Å². The van der Waals surface area contributed by atoms with Crippen LogP contribution in [-0.2, 0) is 38.8 Å². The molecule has 0 unspecified atom stereocenters. The molecule has 200 valence electrons. The van der Waals surface area contributed by atoms with Crippen molar-refractivity contribution in [3.63, 3.8) is 0 Å². The average Bonchev–Trinajstić information content (AvgIpc) is 2.92. The van der Waals surface area contributed by atoms with E-state index in [9.17, 15) is 5.11 Å². The van der Waals surface area contributed by atoms with Crippen LogP contribution < -0.4 is 0 Å². The van der Waals surface area contributed by atoms with Gasteiger partial charge in [0.25, 0.3) is 0 Å². The Labute approximate surface area is 227 Å². The van der Waals surface area contributed by atoms with Crippen molar-refractivity contribution in [1.82, 2.24) is 0 Å². The molecular formula is C32H38O5Si. The van der Waals surface area contributed by atoms with Crippen molar-refractivity contribution in [1.29, 1.82) is 0 Å². The molecule has 0 radical (unpaired) electrons. The summed E-state index contributed by atoms with van der Waals surface area (Å²) in [5, 5.41) is 11.4. The number of benzene rings is 3. The Hall–Kier alpha value is -2.76. The Morgan fingerprint density at radius 2 is 1.18 bits per heavy atom. The maximum Gasteiger partial charge on any atom is 0.146 e. The summed E-state index contributed by atoms with van der Waals surface area (Å²) in [5.41, 5.74) is 6.50. The molecule has 0 saturated carbocycles. The Balaban J connectivity index is 1.56. The zero-order valence-corrected chi connectivity index (χ0v) is 23.5. The summed E-state index contributed by atoms with van der Waals surface area (Å²) in [6.07, 6.45) is -3.31. The fourth-order valence-corrected chi connectivity index (χ4v) is 4.84. The minimum absolute atomic E-state index is 0.289. The second-order valence-electron chi connectivity index (χ2n) is 10.6. The third kappa shape index (κ3) is 8.64. The highest BCUT2D eigenvalue weighted by Crippen LogP contribution is 2.28. The van der Waals surface area contributed by atoms with Crippen LogP contribution in [0.15, 0.2) is 91.0 Å². The maximum atomic E-state index is 11.4. The molecule has 1 aliphatic rings. The van der Waals surface area contributed by atoms with E-state index in [4.69, 9.17) is 18.9 Å². The van der Waals surface area contributed by atoms with E-state index in [1.807, 2.05) is 91.0 Å². The van der Waals surface area contributed by atoms with Gasteiger partial charge in [-0.25, -0.2) is 0 Å². The van der Waals surface area contributed by atoms with Crippen molar-refractivity contribution in [2.24, 2.45) is 0 Å². The molecule has 5 atom stereocenters. The Morgan fingerprint density at radius 3 is 1.68 bits per heavy atom. The monoisotopic (exact) mass is 530 g/mol. The summed E-state index contributed by atoms with van der Waals surface area (Å²) < 4.78 is 25.3. The van der Waals surface area contributed by atoms with Crippen LogP contribution in [0, 0.1) is 11.5 Å². The van der Waals surface area contributed by atoms with Crippen molar-refractivity contribution in [2.45, 2.75) is 70.0 Å². The first kappa shape index (κ1) is 28.3. The first-order chi connectivity index (χ1) is 18.4. The SMILES string of the molecule is C[Si](C)(C)C#C[C@H]1O[C@H](COCc2ccccc2)[C@@H](OCc2ccccc2)[C@H](OCc2ccccc2)[C@H]1O. The lowest BCUT2D eigenvalue weighted by molar-refractivity contribution is -0.249. The summed E-state index contributed by atoms with van der Waals surface area (Å²) in [7, 11) is -1.69. The van der Waals surface area contributed by atoms with E-state index < -0.39 is 38.6 Å². The first-order valence-electron chi connectivity index (χ1n) is 13.2. The van der Waals surface area contributed by atoms with Gasteiger partial charge >= 0.3 is 0 Å². The van der Waals surface area contributed by atoms with Crippen molar-refractivity contribution < 1.29 is 24.1 Å². The normalized spacial score (nSPS) is 23.4. The van der Waals surface area contributed by atoms with Gasteiger partial charge in [0.2, 0.25) is 0 Å². The van der Waals surface area contributed by atoms with Gasteiger partial charge in [0, 0.05) is 0 Å². The Kier molecular flexibility index (Phi) is 10.3. The first-order valence-corrected chi connectivity index (χ1v) is 16.7. The van der Waals surface area contributed by atoms with Gasteiger partial charge in [0.15, 0.2) is 0 Å². The number of aliphatic hydroxyl groups is 1. The van der Waals surface area contributed by atoms with Gasteiger partial charge in [-0.1, -0.05) is 117 Å². The summed E-state index contributed by atoms with van der Waals surface area (Å²) in [6.45, 7) is 7.97. The van der Waals surface area contributed by atoms with Crippen molar-refractivity contribution in [3.8, 4) is 11.5 Å². The molecule has 1 N–H and O–H groups in total. The standard InChI is InChI=1S/C32H38O5Si/c1-38(2,3)20-19-28-30(33)32(36-23-27-17-11-6-12-18-27)31(35-22-26-15-9-5-10-16-26)29(37-28)24-34-21-25-13-7-4-8-14-25/h4-18,28-33H,21-24H2,1-3H3/t28-,29-,30+,31-,32-/m1/s1. The van der Waals surface area contributed by atoms with E-state index in [2.05, 4.69) is 31.1 Å². The topological polar surface area (TPSA) is 57.2 Å². The molecule has 0 aromatic heterocycles. The lowest BCUT2D eigenvalue weighted by Crippen LogP contribution is -2.60. The van der Waals surface area contributed by atoms with Crippen LogP contribution in [0.4, 0.5) is 0 Å². The molecule has 3 aromatic carbocycles. The van der Waals surface area contributed by atoms with Crippen LogP contribution in [0.1, 0.15) is 16.7 Å². The zero-order valence-electron chi connectivity index (χ0n) is 22.5. The molecule has 1 heterocycles. The van der Waals surface area contributed by atoms with Gasteiger partial charge in [-0.15, -0.1) is 5.54 Å². The number of rotatable bonds is 10. The van der Waals surface area contributed by atoms with E-state index in [-0.39, 0.29) is 6.61 Å². The van der Waals surface area contributed by atoms with Gasteiger partial charge < -0.3 is 24.1 Å². The number of aliphatic hydroxyl groups excluding tert-OH is 1. The third-order valence-corrected chi connectivity index (χ3v) is 7.11. The van der Waals surface area contributed by atoms with Crippen LogP contribution in [0.25, 0.3) is 0 Å². The molecule has 4 rings (SSSR count). The Morgan fingerprint density at radius 1 is 0.711 bits per heavy atom. The zero-order chi connectivity index (χ0) is 26.8. The number of hydrogen-bond acceptors (Lipinski definition) is 5. The highest BCUT2D eigenvalue weighted by Gasteiger charge is 2.46. The summed E-state index contributed by atoms with van der Waals surface area (Å²) in [5.74, 6) is 3.22. The largest absolute Gasteiger partial charge is 0.387 e. The quantitative estimate of drug-likeness (QED) is 0.282. The molecule has 1 aliphatic heterocycles. The molecule has 6 heteroatoms. The summed E-state index contributed by atoms with van der Waals surface area (Å²) in [6, 6.07) is 30.0. The van der Waals surface area contributed by atoms with Crippen LogP contribution in [0.3, 0.4) is 0 Å². The van der Waals surface area contributed by atoms with E-state index in [1.54, 1.807) is 0 Å². The fraction of sp³-hybridized carbons (Fsp3) is 0.375. The molecule has 0 amide bonds. The van der Waals surface area contributed by atoms with E-state index >= 15 is 0 Å². The van der Waals surface area contributed by atoms with Gasteiger partial charge in [0.1, 0.15) is 38.6 Å². The molecule has 3 aromatic rings. The molecule has 0 spiro atoms. The van der Waals surface area contributed by atoms with Gasteiger partial charge in [-0.2, -0.15) is 0 Å². The minimum Gasteiger partial charge on any atom is -0.387 e. The highest BCUT2D eigenvalue weighted by molar-refractivity contribution is 6.83. The van der Waals surface area contributed by atoms with Crippen molar-refractivity contribution in [2.75, 3.05) is 6.61 Å². The van der Waals surface area contributed by atoms with Crippen LogP contribution >= 0.6 is 0 Å². The molecule has 1 fully saturated rings. The fourth-order valence-electron chi connectivity index (χ4n) is 4.26. The van der Waals surface area contributed by atoms with Gasteiger partial charge in [0.05, 0.1) is 26.4 Å². The number of ether oxygens (including phenoxy) is 4. The van der Waals surface area contributed by atoms with E-state index in [0.29, 0.717) is 19.8 Å². The average molecular weight is 531 g/mol. The predicted octanol–water partition coefficient (Wildman–Crippen LogP) is 5.38. The van der Waals surface area contributed by atoms with Crippen molar-refractivity contribution >= 4 is 8.07 Å². The van der Waals surface area contributed by atoms with Crippen molar-refractivity contribution in [3.05, 3.63) is 108 Å². The third-order valence-electron chi connectivity index (χ3n) is 6.21. The molecule has 5 nitrogen and oxygen atoms in total. The Bertz CT molecular complexity index is 1150. The molecule has 38 heavy (non-hydrogen) atoms. The molecule has 0 aliphatic carbocycles. The minimum atomic E-state index is -1.69. The molecular weight excluding hydrogens is 492 g/mol. The second-order valence-corrected chi connectivity index (χ2v) is 15.4. The highest BCUT2D eigenvalue weighted by atomic mass is 28.3. The van der Waals surface area contributed by atoms with Crippen LogP contribution in [0.2, 0.25) is 19.6 Å². The van der Waals surface area contributed by atoms with Crippen LogP contribution in [0.5, 0.6) is 0 Å². The lowest BCUT2D eigenvalue weighted by atomic mass is 9.94. The van der Waals surface area contributed by atoms with Gasteiger partial charge in [-0.3, -0.25) is 0 Å². The second kappa shape index (κ2) is 13.9. The van der Waals surface area contributed by atoms with E-state index in [0.717, 1.165) is 16.7 Å². The molecule has 0 bridgehead atoms. The van der Waals surface area contributed by atoms with E-state index in [1.165, 1.54) is 0 Å². The summed E-state index contributed by atoms with van der Waals surface area (Å²) >= 11 is 0. The predicted molar refractivity (Wildman–Crippen MR) is 152 cm³/mol. The molecule has 1 saturated heterocycles. The lowest BCUT2D eigenvalue weighted by Gasteiger charge is -2.43. The van der Waals surface area contributed by atoms with Crippen LogP contribution in [-0.4, -0.2) is 50.3 Å². The maximum absolute atomic E-state index is 11.4. The smallest absolute Gasteiger partial charge is 0.146 e. The number of hydrogen-bond donors (Lipinski definition) is 1.